The summed E-state index contributed by atoms with van der Waals surface area (Å²) >= 11 is 0. The Balaban J connectivity index is 1.86. The van der Waals surface area contributed by atoms with Gasteiger partial charge in [0.2, 0.25) is 0 Å². The zero-order valence-corrected chi connectivity index (χ0v) is 8.45. The van der Waals surface area contributed by atoms with Gasteiger partial charge >= 0.3 is 0 Å². The number of rotatable bonds is 1. The first-order valence-corrected chi connectivity index (χ1v) is 5.73. The Morgan fingerprint density at radius 1 is 1.07 bits per heavy atom. The average Bonchev–Trinajstić information content (AvgIpc) is 2.79. The van der Waals surface area contributed by atoms with Crippen LogP contribution >= 0.6 is 0 Å². The maximum absolute atomic E-state index is 3.67. The number of hydrogen-bond acceptors (Lipinski definition) is 1. The van der Waals surface area contributed by atoms with Gasteiger partial charge in [0.15, 0.2) is 0 Å². The van der Waals surface area contributed by atoms with E-state index in [0.29, 0.717) is 0 Å². The standard InChI is InChI=1S/C13H17N/c1-2-5-10(6-3-1)12-9-14-13-8-4-7-11(12)13/h1-3,5-6,11-14H,4,7-9H2/t11-,12+,13+/m1/s1. The number of hydrogen-bond donors (Lipinski definition) is 1. The molecule has 14 heavy (non-hydrogen) atoms. The zero-order valence-electron chi connectivity index (χ0n) is 8.45. The molecule has 1 nitrogen and oxygen atoms in total. The Hall–Kier alpha value is -0.820. The summed E-state index contributed by atoms with van der Waals surface area (Å²) in [5.74, 6) is 1.70. The first-order chi connectivity index (χ1) is 6.95. The fourth-order valence-corrected chi connectivity index (χ4v) is 3.22. The summed E-state index contributed by atoms with van der Waals surface area (Å²) in [4.78, 5) is 0. The van der Waals surface area contributed by atoms with E-state index in [4.69, 9.17) is 0 Å². The molecule has 1 aliphatic heterocycles. The van der Waals surface area contributed by atoms with E-state index in [-0.39, 0.29) is 0 Å². The second-order valence-corrected chi connectivity index (χ2v) is 4.63. The second kappa shape index (κ2) is 3.39. The highest BCUT2D eigenvalue weighted by atomic mass is 15.0. The molecule has 1 heterocycles. The Bertz CT molecular complexity index is 306. The van der Waals surface area contributed by atoms with Gasteiger partial charge in [0, 0.05) is 18.5 Å². The molecule has 3 atom stereocenters. The molecule has 2 fully saturated rings. The van der Waals surface area contributed by atoms with Crippen molar-refractivity contribution in [2.45, 2.75) is 31.2 Å². The molecule has 0 bridgehead atoms. The van der Waals surface area contributed by atoms with Gasteiger partial charge in [-0.05, 0) is 24.3 Å². The Morgan fingerprint density at radius 3 is 2.79 bits per heavy atom. The number of fused-ring (bicyclic) bond motifs is 1. The van der Waals surface area contributed by atoms with Crippen molar-refractivity contribution in [1.82, 2.24) is 5.32 Å². The van der Waals surface area contributed by atoms with Crippen molar-refractivity contribution in [3.63, 3.8) is 0 Å². The minimum atomic E-state index is 0.781. The fourth-order valence-electron chi connectivity index (χ4n) is 3.22. The van der Waals surface area contributed by atoms with Crippen LogP contribution in [-0.2, 0) is 0 Å². The molecule has 1 saturated carbocycles. The van der Waals surface area contributed by atoms with E-state index in [1.165, 1.54) is 31.4 Å². The lowest BCUT2D eigenvalue weighted by Crippen LogP contribution is -2.21. The molecule has 0 spiro atoms. The van der Waals surface area contributed by atoms with Crippen LogP contribution in [0.25, 0.3) is 0 Å². The lowest BCUT2D eigenvalue weighted by Gasteiger charge is -2.17. The van der Waals surface area contributed by atoms with Gasteiger partial charge in [-0.2, -0.15) is 0 Å². The zero-order chi connectivity index (χ0) is 9.38. The SMILES string of the molecule is c1ccc([C@@H]2CN[C@H]3CCC[C@@H]32)cc1. The molecule has 1 N–H and O–H groups in total. The molecule has 1 heteroatoms. The highest BCUT2D eigenvalue weighted by Gasteiger charge is 2.39. The van der Waals surface area contributed by atoms with Crippen LogP contribution in [0.1, 0.15) is 30.7 Å². The van der Waals surface area contributed by atoms with Gasteiger partial charge in [0.1, 0.15) is 0 Å². The molecular formula is C13H17N. The fraction of sp³-hybridized carbons (Fsp3) is 0.538. The lowest BCUT2D eigenvalue weighted by molar-refractivity contribution is 0.479. The topological polar surface area (TPSA) is 12.0 Å². The Labute approximate surface area is 85.5 Å². The number of benzene rings is 1. The van der Waals surface area contributed by atoms with Crippen LogP contribution in [0.3, 0.4) is 0 Å². The molecular weight excluding hydrogens is 170 g/mol. The van der Waals surface area contributed by atoms with E-state index < -0.39 is 0 Å². The van der Waals surface area contributed by atoms with E-state index >= 15 is 0 Å². The van der Waals surface area contributed by atoms with Crippen molar-refractivity contribution in [1.29, 1.82) is 0 Å². The molecule has 1 aromatic rings. The van der Waals surface area contributed by atoms with Gasteiger partial charge in [-0.15, -0.1) is 0 Å². The predicted molar refractivity (Wildman–Crippen MR) is 58.3 cm³/mol. The maximum Gasteiger partial charge on any atom is 0.0102 e. The molecule has 74 valence electrons. The molecule has 3 rings (SSSR count). The van der Waals surface area contributed by atoms with Crippen molar-refractivity contribution in [2.24, 2.45) is 5.92 Å². The highest BCUT2D eigenvalue weighted by Crippen LogP contribution is 2.41. The monoisotopic (exact) mass is 187 g/mol. The summed E-state index contributed by atoms with van der Waals surface area (Å²) in [5, 5.41) is 3.67. The van der Waals surface area contributed by atoms with Gasteiger partial charge in [0.05, 0.1) is 0 Å². The Kier molecular flexibility index (Phi) is 2.06. The van der Waals surface area contributed by atoms with Crippen molar-refractivity contribution < 1.29 is 0 Å². The summed E-state index contributed by atoms with van der Waals surface area (Å²) in [6.07, 6.45) is 4.25. The predicted octanol–water partition coefficient (Wildman–Crippen LogP) is 2.54. The molecule has 1 aromatic carbocycles. The number of nitrogens with one attached hydrogen (secondary N) is 1. The molecule has 0 unspecified atom stereocenters. The first-order valence-electron chi connectivity index (χ1n) is 5.73. The van der Waals surface area contributed by atoms with Crippen LogP contribution in [0.5, 0.6) is 0 Å². The van der Waals surface area contributed by atoms with Crippen molar-refractivity contribution in [3.05, 3.63) is 35.9 Å². The van der Waals surface area contributed by atoms with E-state index in [2.05, 4.69) is 35.6 Å². The third-order valence-corrected chi connectivity index (χ3v) is 3.91. The third-order valence-electron chi connectivity index (χ3n) is 3.91. The molecule has 0 radical (unpaired) electrons. The van der Waals surface area contributed by atoms with Crippen molar-refractivity contribution >= 4 is 0 Å². The van der Waals surface area contributed by atoms with Gasteiger partial charge in [-0.1, -0.05) is 36.8 Å². The van der Waals surface area contributed by atoms with E-state index in [1.807, 2.05) is 0 Å². The van der Waals surface area contributed by atoms with Crippen LogP contribution < -0.4 is 5.32 Å². The lowest BCUT2D eigenvalue weighted by atomic mass is 9.87. The quantitative estimate of drug-likeness (QED) is 0.712. The van der Waals surface area contributed by atoms with E-state index in [9.17, 15) is 0 Å². The molecule has 0 amide bonds. The molecule has 2 aliphatic rings. The summed E-state index contributed by atoms with van der Waals surface area (Å²) < 4.78 is 0. The van der Waals surface area contributed by atoms with E-state index in [0.717, 1.165) is 17.9 Å². The van der Waals surface area contributed by atoms with Gasteiger partial charge in [0.25, 0.3) is 0 Å². The summed E-state index contributed by atoms with van der Waals surface area (Å²) in [5.41, 5.74) is 1.54. The second-order valence-electron chi connectivity index (χ2n) is 4.63. The van der Waals surface area contributed by atoms with Crippen LogP contribution in [-0.4, -0.2) is 12.6 Å². The minimum Gasteiger partial charge on any atom is -0.313 e. The summed E-state index contributed by atoms with van der Waals surface area (Å²) in [7, 11) is 0. The van der Waals surface area contributed by atoms with Crippen molar-refractivity contribution in [2.75, 3.05) is 6.54 Å². The van der Waals surface area contributed by atoms with Crippen molar-refractivity contribution in [3.8, 4) is 0 Å². The molecule has 1 aliphatic carbocycles. The Morgan fingerprint density at radius 2 is 1.93 bits per heavy atom. The first kappa shape index (κ1) is 8.49. The minimum absolute atomic E-state index is 0.781. The smallest absolute Gasteiger partial charge is 0.0102 e. The molecule has 1 saturated heterocycles. The highest BCUT2D eigenvalue weighted by molar-refractivity contribution is 5.23. The molecule has 0 aromatic heterocycles. The van der Waals surface area contributed by atoms with Crippen LogP contribution in [0, 0.1) is 5.92 Å². The summed E-state index contributed by atoms with van der Waals surface area (Å²) in [6, 6.07) is 11.8. The maximum atomic E-state index is 3.67. The van der Waals surface area contributed by atoms with Crippen LogP contribution in [0.2, 0.25) is 0 Å². The summed E-state index contributed by atoms with van der Waals surface area (Å²) in [6.45, 7) is 1.19. The van der Waals surface area contributed by atoms with Gasteiger partial charge in [-0.25, -0.2) is 0 Å². The van der Waals surface area contributed by atoms with E-state index in [1.54, 1.807) is 0 Å². The van der Waals surface area contributed by atoms with Gasteiger partial charge in [-0.3, -0.25) is 0 Å². The average molecular weight is 187 g/mol. The van der Waals surface area contributed by atoms with Crippen LogP contribution in [0.4, 0.5) is 0 Å². The van der Waals surface area contributed by atoms with Crippen LogP contribution in [0.15, 0.2) is 30.3 Å². The third kappa shape index (κ3) is 1.27. The normalized spacial score (nSPS) is 35.9. The van der Waals surface area contributed by atoms with Gasteiger partial charge < -0.3 is 5.32 Å². The largest absolute Gasteiger partial charge is 0.313 e.